The fourth-order valence-corrected chi connectivity index (χ4v) is 7.28. The Labute approximate surface area is 163 Å². The second kappa shape index (κ2) is 8.68. The van der Waals surface area contributed by atoms with Gasteiger partial charge in [0.05, 0.1) is 17.6 Å². The molecule has 0 aromatic heterocycles. The van der Waals surface area contributed by atoms with Gasteiger partial charge in [-0.15, -0.1) is 0 Å². The summed E-state index contributed by atoms with van der Waals surface area (Å²) >= 11 is 0. The van der Waals surface area contributed by atoms with Gasteiger partial charge in [0.25, 0.3) is 0 Å². The Morgan fingerprint density at radius 2 is 1.93 bits per heavy atom. The van der Waals surface area contributed by atoms with Crippen LogP contribution in [0.2, 0.25) is 0 Å². The Balaban J connectivity index is 1.33. The van der Waals surface area contributed by atoms with Crippen LogP contribution < -0.4 is 10.6 Å². The first-order valence-corrected chi connectivity index (χ1v) is 12.8. The van der Waals surface area contributed by atoms with E-state index in [-0.39, 0.29) is 12.0 Å². The Morgan fingerprint density at radius 1 is 1.04 bits per heavy atom. The maximum atomic E-state index is 11.7. The molecule has 0 bridgehead atoms. The van der Waals surface area contributed by atoms with E-state index in [1.54, 1.807) is 0 Å². The summed E-state index contributed by atoms with van der Waals surface area (Å²) in [6, 6.07) is 0.493. The van der Waals surface area contributed by atoms with Crippen molar-refractivity contribution < 1.29 is 13.2 Å². The molecule has 2 saturated carbocycles. The summed E-state index contributed by atoms with van der Waals surface area (Å²) in [5.41, 5.74) is 0. The average Bonchev–Trinajstić information content (AvgIpc) is 3.38. The molecule has 0 aromatic rings. The first-order valence-electron chi connectivity index (χ1n) is 10.9. The molecule has 7 heteroatoms. The molecule has 27 heavy (non-hydrogen) atoms. The second-order valence-electron chi connectivity index (χ2n) is 9.08. The fraction of sp³-hybridized carbons (Fsp3) is 0.950. The molecule has 0 amide bonds. The van der Waals surface area contributed by atoms with Crippen LogP contribution in [0.5, 0.6) is 0 Å². The Hall–Kier alpha value is -0.820. The third-order valence-electron chi connectivity index (χ3n) is 6.99. The molecule has 0 radical (unpaired) electrons. The lowest BCUT2D eigenvalue weighted by Crippen LogP contribution is -2.48. The van der Waals surface area contributed by atoms with Crippen LogP contribution in [0.3, 0.4) is 0 Å². The number of guanidine groups is 1. The highest BCUT2D eigenvalue weighted by Crippen LogP contribution is 2.42. The average molecular weight is 398 g/mol. The molecular weight excluding hydrogens is 362 g/mol. The first-order chi connectivity index (χ1) is 13.1. The molecule has 5 atom stereocenters. The molecule has 5 unspecified atom stereocenters. The number of ether oxygens (including phenoxy) is 1. The maximum absolute atomic E-state index is 11.7. The second-order valence-corrected chi connectivity index (χ2v) is 11.3. The highest BCUT2D eigenvalue weighted by Gasteiger charge is 2.34. The van der Waals surface area contributed by atoms with Crippen molar-refractivity contribution in [2.75, 3.05) is 31.2 Å². The van der Waals surface area contributed by atoms with Crippen LogP contribution in [-0.2, 0) is 14.6 Å². The third-order valence-corrected chi connectivity index (χ3v) is 8.82. The van der Waals surface area contributed by atoms with Crippen LogP contribution in [0.1, 0.15) is 57.8 Å². The largest absolute Gasteiger partial charge is 0.376 e. The zero-order chi connectivity index (χ0) is 18.7. The predicted octanol–water partition coefficient (Wildman–Crippen LogP) is 2.10. The highest BCUT2D eigenvalue weighted by molar-refractivity contribution is 7.91. The third kappa shape index (κ3) is 5.37. The van der Waals surface area contributed by atoms with Gasteiger partial charge in [0.1, 0.15) is 0 Å². The van der Waals surface area contributed by atoms with Gasteiger partial charge >= 0.3 is 0 Å². The number of nitrogens with one attached hydrogen (secondary N) is 2. The molecule has 2 aliphatic heterocycles. The van der Waals surface area contributed by atoms with Crippen LogP contribution in [0, 0.1) is 17.8 Å². The van der Waals surface area contributed by atoms with Crippen LogP contribution in [-0.4, -0.2) is 57.7 Å². The minimum Gasteiger partial charge on any atom is -0.376 e. The first kappa shape index (κ1) is 19.5. The zero-order valence-corrected chi connectivity index (χ0v) is 17.2. The number of sulfone groups is 1. The van der Waals surface area contributed by atoms with Gasteiger partial charge in [-0.2, -0.15) is 0 Å². The van der Waals surface area contributed by atoms with E-state index in [4.69, 9.17) is 9.73 Å². The number of aliphatic imine (C=N–C) groups is 1. The van der Waals surface area contributed by atoms with E-state index in [2.05, 4.69) is 10.6 Å². The molecule has 2 saturated heterocycles. The molecule has 154 valence electrons. The van der Waals surface area contributed by atoms with Crippen molar-refractivity contribution in [3.63, 3.8) is 0 Å². The van der Waals surface area contributed by atoms with E-state index in [0.717, 1.165) is 50.2 Å². The molecule has 4 fully saturated rings. The van der Waals surface area contributed by atoms with Gasteiger partial charge in [-0.05, 0) is 56.3 Å². The summed E-state index contributed by atoms with van der Waals surface area (Å²) < 4.78 is 29.2. The monoisotopic (exact) mass is 397 g/mol. The number of rotatable bonds is 5. The van der Waals surface area contributed by atoms with Crippen molar-refractivity contribution in [3.8, 4) is 0 Å². The number of nitrogens with zero attached hydrogens (tertiary/aromatic N) is 1. The van der Waals surface area contributed by atoms with Crippen molar-refractivity contribution >= 4 is 15.8 Å². The lowest BCUT2D eigenvalue weighted by Gasteiger charge is -2.33. The van der Waals surface area contributed by atoms with Gasteiger partial charge in [0.2, 0.25) is 0 Å². The van der Waals surface area contributed by atoms with E-state index in [0.29, 0.717) is 24.1 Å². The lowest BCUT2D eigenvalue weighted by atomic mass is 9.79. The smallest absolute Gasteiger partial charge is 0.191 e. The Bertz CT molecular complexity index is 630. The highest BCUT2D eigenvalue weighted by atomic mass is 32.2. The molecule has 2 aliphatic carbocycles. The maximum Gasteiger partial charge on any atom is 0.191 e. The summed E-state index contributed by atoms with van der Waals surface area (Å²) in [5, 5.41) is 7.15. The van der Waals surface area contributed by atoms with Gasteiger partial charge in [-0.1, -0.05) is 19.3 Å². The lowest BCUT2D eigenvalue weighted by molar-refractivity contribution is 0.113. The van der Waals surface area contributed by atoms with Crippen molar-refractivity contribution in [3.05, 3.63) is 0 Å². The molecule has 2 N–H and O–H groups in total. The van der Waals surface area contributed by atoms with Crippen molar-refractivity contribution in [1.29, 1.82) is 0 Å². The number of fused-ring (bicyclic) bond motifs is 1. The molecule has 0 spiro atoms. The topological polar surface area (TPSA) is 79.8 Å². The van der Waals surface area contributed by atoms with Gasteiger partial charge in [0.15, 0.2) is 15.8 Å². The number of hydrogen-bond acceptors (Lipinski definition) is 4. The van der Waals surface area contributed by atoms with Gasteiger partial charge < -0.3 is 15.4 Å². The molecule has 4 aliphatic rings. The molecule has 6 nitrogen and oxygen atoms in total. The molecular formula is C20H35N3O3S. The summed E-state index contributed by atoms with van der Waals surface area (Å²) in [6.07, 6.45) is 11.3. The van der Waals surface area contributed by atoms with E-state index < -0.39 is 9.84 Å². The summed E-state index contributed by atoms with van der Waals surface area (Å²) in [4.78, 5) is 4.79. The standard InChI is InChI=1S/C20H35N3O3S/c24-27(25)10-8-15(14-27)12-21-20(22-13-19-5-2-9-26-19)23-18-7-6-16-3-1-4-17(16)11-18/h15-19H,1-14H2,(H2,21,22,23). The van der Waals surface area contributed by atoms with E-state index >= 15 is 0 Å². The molecule has 2 heterocycles. The normalized spacial score (nSPS) is 38.7. The fourth-order valence-electron chi connectivity index (χ4n) is 5.43. The Kier molecular flexibility index (Phi) is 6.27. The van der Waals surface area contributed by atoms with E-state index in [1.165, 1.54) is 38.5 Å². The van der Waals surface area contributed by atoms with Crippen molar-refractivity contribution in [2.24, 2.45) is 22.7 Å². The van der Waals surface area contributed by atoms with Gasteiger partial charge in [0, 0.05) is 25.7 Å². The summed E-state index contributed by atoms with van der Waals surface area (Å²) in [5.74, 6) is 3.48. The Morgan fingerprint density at radius 3 is 2.70 bits per heavy atom. The van der Waals surface area contributed by atoms with Gasteiger partial charge in [-0.3, -0.25) is 4.99 Å². The van der Waals surface area contributed by atoms with Crippen LogP contribution >= 0.6 is 0 Å². The predicted molar refractivity (Wildman–Crippen MR) is 108 cm³/mol. The summed E-state index contributed by atoms with van der Waals surface area (Å²) in [7, 11) is -2.84. The number of hydrogen-bond donors (Lipinski definition) is 2. The quantitative estimate of drug-likeness (QED) is 0.549. The minimum atomic E-state index is -2.84. The van der Waals surface area contributed by atoms with Crippen LogP contribution in [0.15, 0.2) is 4.99 Å². The van der Waals surface area contributed by atoms with Crippen molar-refractivity contribution in [2.45, 2.75) is 69.9 Å². The van der Waals surface area contributed by atoms with Crippen LogP contribution in [0.25, 0.3) is 0 Å². The van der Waals surface area contributed by atoms with Gasteiger partial charge in [-0.25, -0.2) is 8.42 Å². The van der Waals surface area contributed by atoms with E-state index in [9.17, 15) is 8.42 Å². The molecule has 4 rings (SSSR count). The summed E-state index contributed by atoms with van der Waals surface area (Å²) in [6.45, 7) is 2.24. The van der Waals surface area contributed by atoms with Crippen LogP contribution in [0.4, 0.5) is 0 Å². The van der Waals surface area contributed by atoms with Crippen molar-refractivity contribution in [1.82, 2.24) is 10.6 Å². The minimum absolute atomic E-state index is 0.168. The molecule has 0 aromatic carbocycles. The van der Waals surface area contributed by atoms with E-state index in [1.807, 2.05) is 0 Å². The zero-order valence-electron chi connectivity index (χ0n) is 16.4. The SMILES string of the molecule is O=S1(=O)CCC(CN=C(NCC2CCCO2)NC2CCC3CCCC3C2)C1.